The number of benzene rings is 2. The molecule has 0 saturated carbocycles. The Labute approximate surface area is 127 Å². The lowest BCUT2D eigenvalue weighted by Gasteiger charge is -2.22. The molecule has 1 unspecified atom stereocenters. The average Bonchev–Trinajstić information content (AvgIpc) is 2.93. The van der Waals surface area contributed by atoms with Gasteiger partial charge in [0.05, 0.1) is 5.69 Å². The van der Waals surface area contributed by atoms with E-state index in [0.717, 1.165) is 11.1 Å². The van der Waals surface area contributed by atoms with Crippen molar-refractivity contribution in [1.29, 1.82) is 0 Å². The molecule has 0 saturated heterocycles. The van der Waals surface area contributed by atoms with E-state index in [4.69, 9.17) is 4.74 Å². The maximum Gasteiger partial charge on any atom is 0.415 e. The van der Waals surface area contributed by atoms with Crippen molar-refractivity contribution < 1.29 is 19.4 Å². The van der Waals surface area contributed by atoms with Gasteiger partial charge in [0.15, 0.2) is 0 Å². The van der Waals surface area contributed by atoms with Crippen LogP contribution >= 0.6 is 0 Å². The fourth-order valence-electron chi connectivity index (χ4n) is 2.60. The Morgan fingerprint density at radius 2 is 1.77 bits per heavy atom. The Bertz CT molecular complexity index is 699. The Hall–Kier alpha value is -2.82. The van der Waals surface area contributed by atoms with Gasteiger partial charge < -0.3 is 9.84 Å². The van der Waals surface area contributed by atoms with E-state index in [2.05, 4.69) is 0 Å². The van der Waals surface area contributed by atoms with E-state index >= 15 is 0 Å². The summed E-state index contributed by atoms with van der Waals surface area (Å²) in [6.07, 6.45) is -0.340. The molecule has 22 heavy (non-hydrogen) atoms. The van der Waals surface area contributed by atoms with Crippen molar-refractivity contribution in [2.45, 2.75) is 19.1 Å². The lowest BCUT2D eigenvalue weighted by atomic mass is 10.1. The molecular weight excluding hydrogens is 282 g/mol. The van der Waals surface area contributed by atoms with Crippen molar-refractivity contribution in [3.63, 3.8) is 0 Å². The molecule has 0 spiro atoms. The Morgan fingerprint density at radius 3 is 2.50 bits per heavy atom. The summed E-state index contributed by atoms with van der Waals surface area (Å²) in [7, 11) is 0. The molecule has 0 aromatic heterocycles. The molecule has 1 amide bonds. The number of hydrogen-bond acceptors (Lipinski definition) is 3. The highest BCUT2D eigenvalue weighted by Gasteiger charge is 2.39. The highest BCUT2D eigenvalue weighted by Crippen LogP contribution is 2.32. The second-order valence-electron chi connectivity index (χ2n) is 5.10. The van der Waals surface area contributed by atoms with Crippen molar-refractivity contribution >= 4 is 17.7 Å². The number of aliphatic carboxylic acids is 1. The predicted molar refractivity (Wildman–Crippen MR) is 80.7 cm³/mol. The molecule has 1 heterocycles. The van der Waals surface area contributed by atoms with Crippen LogP contribution in [0.1, 0.15) is 11.1 Å². The number of carboxylic acid groups (broad SMARTS) is 1. The van der Waals surface area contributed by atoms with Gasteiger partial charge in [-0.15, -0.1) is 0 Å². The summed E-state index contributed by atoms with van der Waals surface area (Å²) in [5, 5.41) is 9.34. The third-order valence-corrected chi connectivity index (χ3v) is 3.66. The Morgan fingerprint density at radius 1 is 1.09 bits per heavy atom. The fraction of sp³-hybridized carbons (Fsp3) is 0.176. The first-order chi connectivity index (χ1) is 10.7. The highest BCUT2D eigenvalue weighted by molar-refractivity contribution is 5.98. The summed E-state index contributed by atoms with van der Waals surface area (Å²) in [6.45, 7) is 0.116. The van der Waals surface area contributed by atoms with Crippen LogP contribution in [0.15, 0.2) is 54.6 Å². The van der Waals surface area contributed by atoms with Gasteiger partial charge in [0, 0.05) is 6.42 Å². The van der Waals surface area contributed by atoms with Crippen LogP contribution < -0.4 is 4.90 Å². The van der Waals surface area contributed by atoms with Crippen LogP contribution in [0.2, 0.25) is 0 Å². The van der Waals surface area contributed by atoms with Gasteiger partial charge in [0.1, 0.15) is 12.6 Å². The molecule has 0 aliphatic carbocycles. The molecule has 1 aliphatic rings. The second-order valence-corrected chi connectivity index (χ2v) is 5.10. The molecule has 5 nitrogen and oxygen atoms in total. The van der Waals surface area contributed by atoms with Gasteiger partial charge in [-0.2, -0.15) is 0 Å². The van der Waals surface area contributed by atoms with E-state index in [9.17, 15) is 14.7 Å². The van der Waals surface area contributed by atoms with Crippen LogP contribution in [0, 0.1) is 0 Å². The predicted octanol–water partition coefficient (Wildman–Crippen LogP) is 2.84. The quantitative estimate of drug-likeness (QED) is 0.946. The van der Waals surface area contributed by atoms with Crippen molar-refractivity contribution in [2.24, 2.45) is 0 Å². The lowest BCUT2D eigenvalue weighted by Crippen LogP contribution is -2.43. The van der Waals surface area contributed by atoms with Gasteiger partial charge in [-0.25, -0.2) is 9.59 Å². The van der Waals surface area contributed by atoms with E-state index < -0.39 is 18.1 Å². The first-order valence-electron chi connectivity index (χ1n) is 6.97. The zero-order valence-electron chi connectivity index (χ0n) is 11.8. The monoisotopic (exact) mass is 297 g/mol. The molecule has 112 valence electrons. The number of fused-ring (bicyclic) bond motifs is 1. The number of nitrogens with zero attached hydrogens (tertiary/aromatic N) is 1. The number of carbonyl (C=O) groups excluding carboxylic acids is 1. The van der Waals surface area contributed by atoms with E-state index in [1.54, 1.807) is 12.1 Å². The van der Waals surface area contributed by atoms with Crippen LogP contribution in [0.3, 0.4) is 0 Å². The SMILES string of the molecule is O=C(O)C1Cc2ccccc2N1C(=O)OCc1ccccc1. The number of carboxylic acids is 1. The number of anilines is 1. The van der Waals surface area contributed by atoms with Crippen LogP contribution in [0.4, 0.5) is 10.5 Å². The Kier molecular flexibility index (Phi) is 3.78. The highest BCUT2D eigenvalue weighted by atomic mass is 16.6. The third kappa shape index (κ3) is 2.65. The summed E-state index contributed by atoms with van der Waals surface area (Å²) in [4.78, 5) is 25.0. The molecular formula is C17H15NO4. The minimum absolute atomic E-state index is 0.116. The minimum Gasteiger partial charge on any atom is -0.480 e. The van der Waals surface area contributed by atoms with Crippen molar-refractivity contribution in [2.75, 3.05) is 4.90 Å². The fourth-order valence-corrected chi connectivity index (χ4v) is 2.60. The molecule has 1 aliphatic heterocycles. The first-order valence-corrected chi connectivity index (χ1v) is 6.97. The normalized spacial score (nSPS) is 16.2. The largest absolute Gasteiger partial charge is 0.480 e. The van der Waals surface area contributed by atoms with Crippen molar-refractivity contribution in [3.05, 3.63) is 65.7 Å². The zero-order valence-corrected chi connectivity index (χ0v) is 11.8. The van der Waals surface area contributed by atoms with E-state index in [1.165, 1.54) is 4.90 Å². The van der Waals surface area contributed by atoms with Gasteiger partial charge in [0.25, 0.3) is 0 Å². The molecule has 0 fully saturated rings. The van der Waals surface area contributed by atoms with Gasteiger partial charge in [0.2, 0.25) is 0 Å². The van der Waals surface area contributed by atoms with E-state index in [0.29, 0.717) is 12.1 Å². The summed E-state index contributed by atoms with van der Waals surface area (Å²) in [5.41, 5.74) is 2.30. The van der Waals surface area contributed by atoms with Gasteiger partial charge >= 0.3 is 12.1 Å². The van der Waals surface area contributed by atoms with Gasteiger partial charge in [-0.05, 0) is 17.2 Å². The summed E-state index contributed by atoms with van der Waals surface area (Å²) in [6, 6.07) is 15.5. The number of carbonyl (C=O) groups is 2. The third-order valence-electron chi connectivity index (χ3n) is 3.66. The zero-order chi connectivity index (χ0) is 15.5. The number of para-hydroxylation sites is 1. The molecule has 3 rings (SSSR count). The van der Waals surface area contributed by atoms with E-state index in [1.807, 2.05) is 42.5 Å². The van der Waals surface area contributed by atoms with Crippen LogP contribution in [0.25, 0.3) is 0 Å². The van der Waals surface area contributed by atoms with Crippen LogP contribution in [-0.2, 0) is 22.6 Å². The molecule has 0 radical (unpaired) electrons. The second kappa shape index (κ2) is 5.89. The maximum absolute atomic E-state index is 12.3. The topological polar surface area (TPSA) is 66.8 Å². The maximum atomic E-state index is 12.3. The molecule has 2 aromatic carbocycles. The van der Waals surface area contributed by atoms with Gasteiger partial charge in [-0.1, -0.05) is 48.5 Å². The number of amides is 1. The number of ether oxygens (including phenoxy) is 1. The number of rotatable bonds is 3. The minimum atomic E-state index is -1.03. The molecule has 0 bridgehead atoms. The molecule has 5 heteroatoms. The molecule has 1 atom stereocenters. The average molecular weight is 297 g/mol. The molecule has 2 aromatic rings. The number of hydrogen-bond donors (Lipinski definition) is 1. The van der Waals surface area contributed by atoms with Crippen LogP contribution in [0.5, 0.6) is 0 Å². The Balaban J connectivity index is 1.78. The molecule has 1 N–H and O–H groups in total. The van der Waals surface area contributed by atoms with Gasteiger partial charge in [-0.3, -0.25) is 4.90 Å². The summed E-state index contributed by atoms with van der Waals surface area (Å²) < 4.78 is 5.27. The van der Waals surface area contributed by atoms with Crippen LogP contribution in [-0.4, -0.2) is 23.2 Å². The van der Waals surface area contributed by atoms with E-state index in [-0.39, 0.29) is 6.61 Å². The lowest BCUT2D eigenvalue weighted by molar-refractivity contribution is -0.138. The van der Waals surface area contributed by atoms with Crippen molar-refractivity contribution in [3.8, 4) is 0 Å². The summed E-state index contributed by atoms with van der Waals surface area (Å²) >= 11 is 0. The standard InChI is InChI=1S/C17H15NO4/c19-16(20)15-10-13-8-4-5-9-14(13)18(15)17(21)22-11-12-6-2-1-3-7-12/h1-9,15H,10-11H2,(H,19,20). The summed E-state index contributed by atoms with van der Waals surface area (Å²) in [5.74, 6) is -1.03. The smallest absolute Gasteiger partial charge is 0.415 e. The first kappa shape index (κ1) is 14.1. The van der Waals surface area contributed by atoms with Crippen molar-refractivity contribution in [1.82, 2.24) is 0 Å².